The van der Waals surface area contributed by atoms with Gasteiger partial charge in [0.2, 0.25) is 0 Å². The Labute approximate surface area is 165 Å². The molecule has 0 bridgehead atoms. The number of rotatable bonds is 0. The van der Waals surface area contributed by atoms with E-state index in [1.807, 2.05) is 0 Å². The molecule has 0 N–H and O–H groups in total. The molecule has 22 heavy (non-hydrogen) atoms. The van der Waals surface area contributed by atoms with Crippen LogP contribution in [-0.4, -0.2) is 0 Å². The third-order valence-corrected chi connectivity index (χ3v) is 6.28. The molecule has 0 fully saturated rings. The summed E-state index contributed by atoms with van der Waals surface area (Å²) in [5, 5.41) is 2.81. The van der Waals surface area contributed by atoms with Crippen molar-refractivity contribution in [3.8, 4) is 0 Å². The van der Waals surface area contributed by atoms with Crippen LogP contribution in [0.2, 0.25) is 40.2 Å². The number of hydrogen-bond acceptors (Lipinski definition) is 0. The second kappa shape index (κ2) is 6.10. The first-order valence-corrected chi connectivity index (χ1v) is 8.54. The first-order valence-electron chi connectivity index (χ1n) is 5.51. The van der Waals surface area contributed by atoms with E-state index in [9.17, 15) is 0 Å². The molecule has 0 amide bonds. The predicted molar refractivity (Wildman–Crippen MR) is 99.2 cm³/mol. The Balaban J connectivity index is 2.71. The van der Waals surface area contributed by atoms with Crippen LogP contribution in [0, 0.1) is 12.1 Å². The zero-order valence-corrected chi connectivity index (χ0v) is 16.1. The molecular formula is C14Cl8. The van der Waals surface area contributed by atoms with E-state index < -0.39 is 0 Å². The highest BCUT2D eigenvalue weighted by Crippen LogP contribution is 2.49. The van der Waals surface area contributed by atoms with E-state index in [1.165, 1.54) is 0 Å². The normalized spacial score (nSPS) is 11.6. The Morgan fingerprint density at radius 3 is 1.05 bits per heavy atom. The van der Waals surface area contributed by atoms with Gasteiger partial charge in [0, 0.05) is 33.7 Å². The summed E-state index contributed by atoms with van der Waals surface area (Å²) in [6.07, 6.45) is 0. The van der Waals surface area contributed by atoms with Crippen LogP contribution >= 0.6 is 92.8 Å². The number of hydrogen-bond donors (Lipinski definition) is 0. The fourth-order valence-electron chi connectivity index (χ4n) is 2.08. The van der Waals surface area contributed by atoms with Crippen molar-refractivity contribution in [2.24, 2.45) is 0 Å². The summed E-state index contributed by atoms with van der Waals surface area (Å²) in [6, 6.07) is 5.69. The summed E-state index contributed by atoms with van der Waals surface area (Å²) in [5.41, 5.74) is 0. The summed E-state index contributed by atoms with van der Waals surface area (Å²) in [6.45, 7) is 0. The topological polar surface area (TPSA) is 0 Å². The first-order chi connectivity index (χ1) is 10.3. The van der Waals surface area contributed by atoms with Crippen LogP contribution in [0.25, 0.3) is 21.5 Å². The van der Waals surface area contributed by atoms with E-state index in [0.29, 0.717) is 21.5 Å². The standard InChI is InChI=1S/C14Cl8/c15-5-1-3-7(13(21)11(5)19)10(18)4-2-6(16)12(20)14(22)8(4)9(3)17. The maximum Gasteiger partial charge on any atom is 0.0791 e. The van der Waals surface area contributed by atoms with E-state index in [-0.39, 0.29) is 40.2 Å². The van der Waals surface area contributed by atoms with Crippen LogP contribution < -0.4 is 0 Å². The molecule has 0 aliphatic heterocycles. The molecule has 0 aliphatic rings. The maximum atomic E-state index is 6.42. The molecule has 0 aliphatic carbocycles. The maximum absolute atomic E-state index is 6.42. The van der Waals surface area contributed by atoms with Gasteiger partial charge in [-0.25, -0.2) is 0 Å². The van der Waals surface area contributed by atoms with Crippen LogP contribution in [0.1, 0.15) is 0 Å². The molecule has 0 spiro atoms. The summed E-state index contributed by atoms with van der Waals surface area (Å²) in [7, 11) is 0. The smallest absolute Gasteiger partial charge is 0.0791 e. The third kappa shape index (κ3) is 2.44. The van der Waals surface area contributed by atoms with Crippen LogP contribution in [-0.2, 0) is 0 Å². The third-order valence-electron chi connectivity index (χ3n) is 3.06. The Bertz CT molecular complexity index is 882. The fourth-order valence-corrected chi connectivity index (χ4v) is 4.16. The average molecular weight is 452 g/mol. The Morgan fingerprint density at radius 2 is 0.727 bits per heavy atom. The van der Waals surface area contributed by atoms with E-state index in [4.69, 9.17) is 92.8 Å². The lowest BCUT2D eigenvalue weighted by molar-refractivity contribution is 1.73. The van der Waals surface area contributed by atoms with Crippen LogP contribution in [0.4, 0.5) is 0 Å². The summed E-state index contributed by atoms with van der Waals surface area (Å²) in [4.78, 5) is 0. The highest BCUT2D eigenvalue weighted by atomic mass is 35.5. The Morgan fingerprint density at radius 1 is 0.409 bits per heavy atom. The van der Waals surface area contributed by atoms with Crippen molar-refractivity contribution in [2.75, 3.05) is 0 Å². The number of benzene rings is 3. The largest absolute Gasteiger partial charge is 0.0829 e. The van der Waals surface area contributed by atoms with Crippen molar-refractivity contribution in [1.29, 1.82) is 0 Å². The molecule has 3 aromatic carbocycles. The van der Waals surface area contributed by atoms with Crippen LogP contribution in [0.15, 0.2) is 0 Å². The summed E-state index contributed by atoms with van der Waals surface area (Å²) >= 11 is 49.4. The van der Waals surface area contributed by atoms with Gasteiger partial charge < -0.3 is 0 Å². The first kappa shape index (κ1) is 17.3. The van der Waals surface area contributed by atoms with Crippen molar-refractivity contribution in [1.82, 2.24) is 0 Å². The highest BCUT2D eigenvalue weighted by molar-refractivity contribution is 6.58. The van der Waals surface area contributed by atoms with Gasteiger partial charge in [0.1, 0.15) is 0 Å². The van der Waals surface area contributed by atoms with Crippen molar-refractivity contribution in [3.05, 3.63) is 52.3 Å². The second-order valence-corrected chi connectivity index (χ2v) is 7.29. The molecule has 0 unspecified atom stereocenters. The highest BCUT2D eigenvalue weighted by Gasteiger charge is 2.22. The zero-order valence-electron chi connectivity index (χ0n) is 10.0. The molecule has 0 aromatic heterocycles. The Hall–Kier alpha value is 0.500. The van der Waals surface area contributed by atoms with E-state index in [2.05, 4.69) is 12.1 Å². The van der Waals surface area contributed by atoms with Crippen molar-refractivity contribution < 1.29 is 0 Å². The van der Waals surface area contributed by atoms with E-state index >= 15 is 0 Å². The molecule has 2 radical (unpaired) electrons. The van der Waals surface area contributed by atoms with E-state index in [1.54, 1.807) is 0 Å². The molecule has 112 valence electrons. The summed E-state index contributed by atoms with van der Waals surface area (Å²) < 4.78 is 0. The minimum absolute atomic E-state index is 0.122. The van der Waals surface area contributed by atoms with Crippen LogP contribution in [0.3, 0.4) is 0 Å². The van der Waals surface area contributed by atoms with Gasteiger partial charge in [0.25, 0.3) is 0 Å². The van der Waals surface area contributed by atoms with Crippen molar-refractivity contribution in [3.63, 3.8) is 0 Å². The van der Waals surface area contributed by atoms with Gasteiger partial charge >= 0.3 is 0 Å². The molecular weight excluding hydrogens is 452 g/mol. The minimum Gasteiger partial charge on any atom is -0.0829 e. The molecule has 8 heteroatoms. The number of fused-ring (bicyclic) bond motifs is 2. The fraction of sp³-hybridized carbons (Fsp3) is 0. The van der Waals surface area contributed by atoms with Gasteiger partial charge in [0.15, 0.2) is 0 Å². The van der Waals surface area contributed by atoms with Gasteiger partial charge in [-0.1, -0.05) is 92.8 Å². The van der Waals surface area contributed by atoms with Crippen molar-refractivity contribution >= 4 is 114 Å². The summed E-state index contributed by atoms with van der Waals surface area (Å²) in [5.74, 6) is 0. The minimum atomic E-state index is 0.122. The van der Waals surface area contributed by atoms with Gasteiger partial charge in [-0.05, 0) is 0 Å². The van der Waals surface area contributed by atoms with Crippen LogP contribution in [0.5, 0.6) is 0 Å². The van der Waals surface area contributed by atoms with Gasteiger partial charge in [-0.15, -0.1) is 0 Å². The molecule has 0 atom stereocenters. The second-order valence-electron chi connectivity index (χ2n) is 4.26. The monoisotopic (exact) mass is 448 g/mol. The number of halogens is 8. The van der Waals surface area contributed by atoms with Gasteiger partial charge in [-0.2, -0.15) is 0 Å². The van der Waals surface area contributed by atoms with E-state index in [0.717, 1.165) is 0 Å². The van der Waals surface area contributed by atoms with Gasteiger partial charge in [0.05, 0.1) is 40.2 Å². The Kier molecular flexibility index (Phi) is 4.80. The van der Waals surface area contributed by atoms with Gasteiger partial charge in [-0.3, -0.25) is 0 Å². The molecule has 0 heterocycles. The molecule has 0 saturated carbocycles. The lowest BCUT2D eigenvalue weighted by atomic mass is 10.0. The van der Waals surface area contributed by atoms with Crippen molar-refractivity contribution in [2.45, 2.75) is 0 Å². The average Bonchev–Trinajstić information content (AvgIpc) is 2.47. The molecule has 0 nitrogen and oxygen atoms in total. The molecule has 0 saturated heterocycles. The zero-order chi connectivity index (χ0) is 16.3. The quantitative estimate of drug-likeness (QED) is 0.236. The predicted octanol–water partition coefficient (Wildman–Crippen LogP) is 8.82. The molecule has 3 aromatic rings. The molecule has 3 rings (SSSR count). The lowest BCUT2D eigenvalue weighted by Gasteiger charge is -2.14. The lowest BCUT2D eigenvalue weighted by Crippen LogP contribution is -1.88. The SMILES string of the molecule is Clc1[c]c2c(Cl)c3c(Cl)c(Cl)c(Cl)[c]c3c(Cl)c2c(Cl)c1Cl.